The Hall–Kier alpha value is -1.03. The van der Waals surface area contributed by atoms with Gasteiger partial charge in [0.05, 0.1) is 6.10 Å². The molecule has 8 nitrogen and oxygen atoms in total. The van der Waals surface area contributed by atoms with Crippen LogP contribution < -0.4 is 5.76 Å². The van der Waals surface area contributed by atoms with Crippen LogP contribution in [-0.4, -0.2) is 47.5 Å². The highest BCUT2D eigenvalue weighted by molar-refractivity contribution is 7.76. The van der Waals surface area contributed by atoms with Crippen LogP contribution in [0.25, 0.3) is 0 Å². The van der Waals surface area contributed by atoms with E-state index in [1.807, 2.05) is 0 Å². The molecule has 0 aliphatic heterocycles. The summed E-state index contributed by atoms with van der Waals surface area (Å²) in [6, 6.07) is 0. The highest BCUT2D eigenvalue weighted by atomic mass is 32.2. The molecule has 0 aromatic carbocycles. The zero-order valence-corrected chi connectivity index (χ0v) is 10.9. The minimum absolute atomic E-state index is 0.134. The zero-order chi connectivity index (χ0) is 13.5. The summed E-state index contributed by atoms with van der Waals surface area (Å²) in [6.45, 7) is 2.26. The largest absolute Gasteiger partial charge is 0.438 e. The Morgan fingerprint density at radius 3 is 2.83 bits per heavy atom. The number of aryl methyl sites for hydroxylation is 1. The Morgan fingerprint density at radius 1 is 1.61 bits per heavy atom. The fraction of sp³-hybridized carbons (Fsp3) is 0.778. The van der Waals surface area contributed by atoms with Gasteiger partial charge in [-0.2, -0.15) is 4.31 Å². The number of nitrogens with one attached hydrogen (secondary N) is 1. The first-order chi connectivity index (χ1) is 8.52. The number of nitrogens with zero attached hydrogens (tertiary/aromatic N) is 2. The van der Waals surface area contributed by atoms with E-state index in [-0.39, 0.29) is 6.54 Å². The van der Waals surface area contributed by atoms with Crippen molar-refractivity contribution >= 4 is 11.3 Å². The number of likely N-dealkylation sites (N-methyl/N-ethyl adjacent to an activating group) is 1. The van der Waals surface area contributed by atoms with Crippen molar-refractivity contribution in [3.05, 3.63) is 16.4 Å². The molecule has 0 aliphatic carbocycles. The topological polar surface area (TPSA) is 120 Å². The van der Waals surface area contributed by atoms with E-state index in [0.717, 1.165) is 0 Å². The Kier molecular flexibility index (Phi) is 6.19. The van der Waals surface area contributed by atoms with Gasteiger partial charge in [0.15, 0.2) is 5.82 Å². The van der Waals surface area contributed by atoms with Gasteiger partial charge in [0.1, 0.15) is 0 Å². The molecule has 0 fully saturated rings. The van der Waals surface area contributed by atoms with Gasteiger partial charge in [0.25, 0.3) is 0 Å². The van der Waals surface area contributed by atoms with Crippen LogP contribution in [0.4, 0.5) is 0 Å². The monoisotopic (exact) mass is 279 g/mol. The molecule has 1 rings (SSSR count). The van der Waals surface area contributed by atoms with Gasteiger partial charge in [-0.15, -0.1) is 0 Å². The summed E-state index contributed by atoms with van der Waals surface area (Å²) >= 11 is -2.06. The van der Waals surface area contributed by atoms with Gasteiger partial charge in [0.2, 0.25) is 11.3 Å². The Balaban J connectivity index is 2.26. The SMILES string of the molecule is CCN(C[C@@H](O)CCCc1noc(=O)[nH]1)S(=O)O. The molecule has 0 spiro atoms. The van der Waals surface area contributed by atoms with Crippen molar-refractivity contribution in [3.8, 4) is 0 Å². The smallest absolute Gasteiger partial charge is 0.392 e. The van der Waals surface area contributed by atoms with E-state index in [4.69, 9.17) is 4.55 Å². The second kappa shape index (κ2) is 7.41. The number of aromatic nitrogens is 2. The Labute approximate surface area is 106 Å². The lowest BCUT2D eigenvalue weighted by molar-refractivity contribution is 0.135. The summed E-state index contributed by atoms with van der Waals surface area (Å²) < 4.78 is 25.3. The van der Waals surface area contributed by atoms with E-state index in [1.165, 1.54) is 4.31 Å². The van der Waals surface area contributed by atoms with Crippen LogP contribution in [-0.2, 0) is 17.7 Å². The average Bonchev–Trinajstić information content (AvgIpc) is 2.71. The van der Waals surface area contributed by atoms with Crippen molar-refractivity contribution < 1.29 is 18.4 Å². The highest BCUT2D eigenvalue weighted by Gasteiger charge is 2.14. The molecule has 18 heavy (non-hydrogen) atoms. The maximum atomic E-state index is 10.8. The second-order valence-electron chi connectivity index (χ2n) is 3.80. The molecular weight excluding hydrogens is 262 g/mol. The van der Waals surface area contributed by atoms with Crippen molar-refractivity contribution in [3.63, 3.8) is 0 Å². The van der Waals surface area contributed by atoms with Gasteiger partial charge in [-0.25, -0.2) is 9.00 Å². The Bertz CT molecular complexity index is 432. The lowest BCUT2D eigenvalue weighted by atomic mass is 10.1. The quantitative estimate of drug-likeness (QED) is 0.552. The van der Waals surface area contributed by atoms with Crippen LogP contribution in [0, 0.1) is 0 Å². The predicted molar refractivity (Wildman–Crippen MR) is 64.1 cm³/mol. The molecule has 1 heterocycles. The van der Waals surface area contributed by atoms with Crippen molar-refractivity contribution in [1.82, 2.24) is 14.4 Å². The minimum atomic E-state index is -2.06. The molecule has 0 saturated heterocycles. The van der Waals surface area contributed by atoms with Gasteiger partial charge in [-0.05, 0) is 12.8 Å². The van der Waals surface area contributed by atoms with Crippen LogP contribution in [0.2, 0.25) is 0 Å². The summed E-state index contributed by atoms with van der Waals surface area (Å²) in [5.41, 5.74) is 0. The van der Waals surface area contributed by atoms with Crippen molar-refractivity contribution in [2.24, 2.45) is 0 Å². The molecule has 104 valence electrons. The van der Waals surface area contributed by atoms with Crippen molar-refractivity contribution in [1.29, 1.82) is 0 Å². The van der Waals surface area contributed by atoms with Crippen LogP contribution >= 0.6 is 0 Å². The van der Waals surface area contributed by atoms with E-state index in [9.17, 15) is 14.1 Å². The van der Waals surface area contributed by atoms with Crippen molar-refractivity contribution in [2.45, 2.75) is 32.3 Å². The zero-order valence-electron chi connectivity index (χ0n) is 10.0. The number of hydrogen-bond acceptors (Lipinski definition) is 5. The first-order valence-corrected chi connectivity index (χ1v) is 6.68. The molecule has 0 amide bonds. The fourth-order valence-corrected chi connectivity index (χ4v) is 2.02. The van der Waals surface area contributed by atoms with E-state index < -0.39 is 23.1 Å². The molecule has 0 bridgehead atoms. The minimum Gasteiger partial charge on any atom is -0.392 e. The molecule has 0 radical (unpaired) electrons. The number of aliphatic hydroxyl groups excluding tert-OH is 1. The number of aromatic amines is 1. The van der Waals surface area contributed by atoms with E-state index >= 15 is 0 Å². The summed E-state index contributed by atoms with van der Waals surface area (Å²) in [4.78, 5) is 13.1. The van der Waals surface area contributed by atoms with Crippen LogP contribution in [0.3, 0.4) is 0 Å². The van der Waals surface area contributed by atoms with Gasteiger partial charge in [-0.3, -0.25) is 14.1 Å². The Morgan fingerprint density at radius 2 is 2.33 bits per heavy atom. The number of hydrogen-bond donors (Lipinski definition) is 3. The molecule has 0 saturated carbocycles. The predicted octanol–water partition coefficient (Wildman–Crippen LogP) is -0.495. The number of rotatable bonds is 8. The van der Waals surface area contributed by atoms with E-state index in [0.29, 0.717) is 31.6 Å². The first-order valence-electron chi connectivity index (χ1n) is 5.61. The summed E-state index contributed by atoms with van der Waals surface area (Å²) in [5.74, 6) is -0.163. The van der Waals surface area contributed by atoms with E-state index in [1.54, 1.807) is 6.92 Å². The summed E-state index contributed by atoms with van der Waals surface area (Å²) in [7, 11) is 0. The van der Waals surface area contributed by atoms with Gasteiger partial charge in [-0.1, -0.05) is 12.1 Å². The molecule has 2 atom stereocenters. The highest BCUT2D eigenvalue weighted by Crippen LogP contribution is 2.04. The van der Waals surface area contributed by atoms with Crippen LogP contribution in [0.1, 0.15) is 25.6 Å². The van der Waals surface area contributed by atoms with Crippen LogP contribution in [0.5, 0.6) is 0 Å². The number of aliphatic hydroxyl groups is 1. The fourth-order valence-electron chi connectivity index (χ4n) is 1.50. The maximum absolute atomic E-state index is 10.8. The number of H-pyrrole nitrogens is 1. The lowest BCUT2D eigenvalue weighted by Crippen LogP contribution is -2.33. The molecular formula is C9H17N3O5S. The second-order valence-corrected chi connectivity index (χ2v) is 4.78. The third kappa shape index (κ3) is 5.08. The standard InChI is InChI=1S/C9H17N3O5S/c1-2-12(18(15)16)6-7(13)4-3-5-8-10-9(14)17-11-8/h7,13H,2-6H2,1H3,(H,15,16)(H,10,11,14)/t7-/m0/s1. The summed E-state index contributed by atoms with van der Waals surface area (Å²) in [5, 5.41) is 13.2. The lowest BCUT2D eigenvalue weighted by Gasteiger charge is -2.18. The van der Waals surface area contributed by atoms with Gasteiger partial charge >= 0.3 is 5.76 Å². The molecule has 1 aromatic rings. The summed E-state index contributed by atoms with van der Waals surface area (Å²) in [6.07, 6.45) is 0.832. The third-order valence-corrected chi connectivity index (χ3v) is 3.27. The van der Waals surface area contributed by atoms with Crippen LogP contribution in [0.15, 0.2) is 9.32 Å². The van der Waals surface area contributed by atoms with Gasteiger partial charge in [0, 0.05) is 19.5 Å². The average molecular weight is 279 g/mol. The molecule has 3 N–H and O–H groups in total. The molecule has 1 aromatic heterocycles. The first kappa shape index (κ1) is 15.0. The third-order valence-electron chi connectivity index (χ3n) is 2.42. The normalized spacial score (nSPS) is 14.9. The maximum Gasteiger partial charge on any atom is 0.438 e. The van der Waals surface area contributed by atoms with E-state index in [2.05, 4.69) is 14.7 Å². The molecule has 9 heteroatoms. The molecule has 0 aliphatic rings. The van der Waals surface area contributed by atoms with Gasteiger partial charge < -0.3 is 5.11 Å². The van der Waals surface area contributed by atoms with Crippen molar-refractivity contribution in [2.75, 3.05) is 13.1 Å². The molecule has 1 unspecified atom stereocenters.